The van der Waals surface area contributed by atoms with E-state index in [2.05, 4.69) is 17.2 Å². The molecule has 0 fully saturated rings. The smallest absolute Gasteiger partial charge is 0.126 e. The molecule has 1 atom stereocenters. The molecule has 0 aliphatic rings. The van der Waals surface area contributed by atoms with Crippen LogP contribution in [0.3, 0.4) is 0 Å². The maximum absolute atomic E-state index is 13.3. The van der Waals surface area contributed by atoms with Crippen LogP contribution in [0, 0.1) is 11.6 Å². The molecule has 4 heteroatoms. The van der Waals surface area contributed by atoms with E-state index in [1.54, 1.807) is 6.20 Å². The Morgan fingerprint density at radius 2 is 1.86 bits per heavy atom. The maximum Gasteiger partial charge on any atom is 0.126 e. The van der Waals surface area contributed by atoms with Crippen molar-refractivity contribution in [3.05, 3.63) is 65.5 Å². The molecule has 1 aromatic heterocycles. The number of halogens is 2. The van der Waals surface area contributed by atoms with Crippen molar-refractivity contribution in [2.24, 2.45) is 0 Å². The molecule has 2 nitrogen and oxygen atoms in total. The lowest BCUT2D eigenvalue weighted by Crippen LogP contribution is -2.34. The van der Waals surface area contributed by atoms with Gasteiger partial charge in [0.2, 0.25) is 0 Å². The Kier molecular flexibility index (Phi) is 5.81. The van der Waals surface area contributed by atoms with Gasteiger partial charge >= 0.3 is 0 Å². The molecule has 0 aliphatic heterocycles. The van der Waals surface area contributed by atoms with Crippen LogP contribution in [-0.2, 0) is 12.8 Å². The topological polar surface area (TPSA) is 24.9 Å². The fourth-order valence-corrected chi connectivity index (χ4v) is 2.35. The molecular formula is C17H20F2N2. The van der Waals surface area contributed by atoms with E-state index >= 15 is 0 Å². The van der Waals surface area contributed by atoms with E-state index in [4.69, 9.17) is 0 Å². The molecule has 0 amide bonds. The second-order valence-corrected chi connectivity index (χ2v) is 5.16. The van der Waals surface area contributed by atoms with Gasteiger partial charge in [0.25, 0.3) is 0 Å². The molecule has 0 spiro atoms. The molecule has 112 valence electrons. The predicted molar refractivity (Wildman–Crippen MR) is 80.1 cm³/mol. The molecular weight excluding hydrogens is 270 g/mol. The van der Waals surface area contributed by atoms with Crippen LogP contribution in [0.5, 0.6) is 0 Å². The molecule has 1 heterocycles. The maximum atomic E-state index is 13.3. The average Bonchev–Trinajstić information content (AvgIpc) is 2.45. The summed E-state index contributed by atoms with van der Waals surface area (Å²) in [6, 6.07) is 9.58. The van der Waals surface area contributed by atoms with Gasteiger partial charge in [0.1, 0.15) is 11.6 Å². The molecule has 0 saturated heterocycles. The molecule has 1 unspecified atom stereocenters. The van der Waals surface area contributed by atoms with E-state index in [0.717, 1.165) is 31.1 Å². The summed E-state index contributed by atoms with van der Waals surface area (Å²) in [4.78, 5) is 4.32. The summed E-state index contributed by atoms with van der Waals surface area (Å²) in [6.07, 6.45) is 4.08. The van der Waals surface area contributed by atoms with Gasteiger partial charge in [0, 0.05) is 30.4 Å². The molecule has 21 heavy (non-hydrogen) atoms. The van der Waals surface area contributed by atoms with Crippen LogP contribution >= 0.6 is 0 Å². The highest BCUT2D eigenvalue weighted by Gasteiger charge is 2.12. The van der Waals surface area contributed by atoms with Gasteiger partial charge in [-0.05, 0) is 49.2 Å². The summed E-state index contributed by atoms with van der Waals surface area (Å²) in [5.74, 6) is -1.06. The van der Waals surface area contributed by atoms with E-state index in [1.807, 2.05) is 18.2 Å². The summed E-state index contributed by atoms with van der Waals surface area (Å²) in [5.41, 5.74) is 1.64. The number of benzene rings is 1. The zero-order chi connectivity index (χ0) is 15.1. The van der Waals surface area contributed by atoms with Gasteiger partial charge < -0.3 is 5.32 Å². The Morgan fingerprint density at radius 1 is 1.10 bits per heavy atom. The number of nitrogens with one attached hydrogen (secondary N) is 1. The standard InChI is InChI=1S/C17H20F2N2/c1-2-6-20-17(12-16-5-3-4-7-21-16)10-13-8-14(18)11-15(19)9-13/h3-5,7-9,11,17,20H,2,6,10,12H2,1H3. The van der Waals surface area contributed by atoms with E-state index in [0.29, 0.717) is 12.0 Å². The zero-order valence-corrected chi connectivity index (χ0v) is 12.2. The van der Waals surface area contributed by atoms with Crippen molar-refractivity contribution in [3.8, 4) is 0 Å². The second kappa shape index (κ2) is 7.84. The van der Waals surface area contributed by atoms with Crippen molar-refractivity contribution < 1.29 is 8.78 Å². The van der Waals surface area contributed by atoms with Gasteiger partial charge in [-0.1, -0.05) is 13.0 Å². The Balaban J connectivity index is 2.08. The first kappa shape index (κ1) is 15.6. The van der Waals surface area contributed by atoms with E-state index in [9.17, 15) is 8.78 Å². The van der Waals surface area contributed by atoms with E-state index < -0.39 is 11.6 Å². The van der Waals surface area contributed by atoms with Gasteiger partial charge in [-0.25, -0.2) is 8.78 Å². The highest BCUT2D eigenvalue weighted by Crippen LogP contribution is 2.12. The third-order valence-electron chi connectivity index (χ3n) is 3.27. The summed E-state index contributed by atoms with van der Waals surface area (Å²) < 4.78 is 26.6. The van der Waals surface area contributed by atoms with Gasteiger partial charge in [-0.2, -0.15) is 0 Å². The van der Waals surface area contributed by atoms with Crippen LogP contribution in [-0.4, -0.2) is 17.6 Å². The first-order valence-corrected chi connectivity index (χ1v) is 7.25. The summed E-state index contributed by atoms with van der Waals surface area (Å²) >= 11 is 0. The van der Waals surface area contributed by atoms with Crippen molar-refractivity contribution >= 4 is 0 Å². The molecule has 1 N–H and O–H groups in total. The van der Waals surface area contributed by atoms with E-state index in [-0.39, 0.29) is 6.04 Å². The Labute approximate surface area is 124 Å². The molecule has 0 bridgehead atoms. The van der Waals surface area contributed by atoms with Crippen LogP contribution in [0.25, 0.3) is 0 Å². The van der Waals surface area contributed by atoms with Crippen molar-refractivity contribution in [2.45, 2.75) is 32.2 Å². The van der Waals surface area contributed by atoms with Crippen molar-refractivity contribution in [1.29, 1.82) is 0 Å². The molecule has 2 aromatic rings. The highest BCUT2D eigenvalue weighted by molar-refractivity contribution is 5.19. The summed E-state index contributed by atoms with van der Waals surface area (Å²) in [5, 5.41) is 3.42. The number of hydrogen-bond acceptors (Lipinski definition) is 2. The monoisotopic (exact) mass is 290 g/mol. The number of rotatable bonds is 7. The quantitative estimate of drug-likeness (QED) is 0.844. The lowest BCUT2D eigenvalue weighted by Gasteiger charge is -2.18. The highest BCUT2D eigenvalue weighted by atomic mass is 19.1. The summed E-state index contributed by atoms with van der Waals surface area (Å²) in [6.45, 7) is 2.96. The number of nitrogens with zero attached hydrogens (tertiary/aromatic N) is 1. The molecule has 0 saturated carbocycles. The lowest BCUT2D eigenvalue weighted by atomic mass is 10.0. The van der Waals surface area contributed by atoms with Crippen molar-refractivity contribution in [3.63, 3.8) is 0 Å². The molecule has 0 radical (unpaired) electrons. The number of hydrogen-bond donors (Lipinski definition) is 1. The molecule has 1 aromatic carbocycles. The normalized spacial score (nSPS) is 12.3. The fraction of sp³-hybridized carbons (Fsp3) is 0.353. The van der Waals surface area contributed by atoms with Crippen molar-refractivity contribution in [2.75, 3.05) is 6.54 Å². The zero-order valence-electron chi connectivity index (χ0n) is 12.2. The van der Waals surface area contributed by atoms with Crippen LogP contribution in [0.4, 0.5) is 8.78 Å². The second-order valence-electron chi connectivity index (χ2n) is 5.16. The van der Waals surface area contributed by atoms with Crippen LogP contribution in [0.1, 0.15) is 24.6 Å². The van der Waals surface area contributed by atoms with Gasteiger partial charge in [0.05, 0.1) is 0 Å². The minimum Gasteiger partial charge on any atom is -0.313 e. The first-order chi connectivity index (χ1) is 10.2. The third-order valence-corrected chi connectivity index (χ3v) is 3.27. The minimum absolute atomic E-state index is 0.112. The van der Waals surface area contributed by atoms with Crippen molar-refractivity contribution in [1.82, 2.24) is 10.3 Å². The number of pyridine rings is 1. The van der Waals surface area contributed by atoms with Crippen LogP contribution in [0.15, 0.2) is 42.6 Å². The third kappa shape index (κ3) is 5.23. The fourth-order valence-electron chi connectivity index (χ4n) is 2.35. The lowest BCUT2D eigenvalue weighted by molar-refractivity contribution is 0.496. The Morgan fingerprint density at radius 3 is 2.48 bits per heavy atom. The first-order valence-electron chi connectivity index (χ1n) is 7.25. The van der Waals surface area contributed by atoms with Gasteiger partial charge in [-0.15, -0.1) is 0 Å². The Hall–Kier alpha value is -1.81. The minimum atomic E-state index is -0.530. The van der Waals surface area contributed by atoms with Crippen LogP contribution in [0.2, 0.25) is 0 Å². The number of aromatic nitrogens is 1. The SMILES string of the molecule is CCCNC(Cc1cc(F)cc(F)c1)Cc1ccccn1. The van der Waals surface area contributed by atoms with Crippen LogP contribution < -0.4 is 5.32 Å². The molecule has 0 aliphatic carbocycles. The van der Waals surface area contributed by atoms with E-state index in [1.165, 1.54) is 12.1 Å². The summed E-state index contributed by atoms with van der Waals surface area (Å²) in [7, 11) is 0. The largest absolute Gasteiger partial charge is 0.313 e. The average molecular weight is 290 g/mol. The van der Waals surface area contributed by atoms with Gasteiger partial charge in [-0.3, -0.25) is 4.98 Å². The predicted octanol–water partition coefficient (Wildman–Crippen LogP) is 3.51. The Bertz CT molecular complexity index is 538. The van der Waals surface area contributed by atoms with Gasteiger partial charge in [0.15, 0.2) is 0 Å². The molecule has 2 rings (SSSR count).